The van der Waals surface area contributed by atoms with Crippen LogP contribution in [0, 0.1) is 5.82 Å². The van der Waals surface area contributed by atoms with Crippen LogP contribution in [0.15, 0.2) is 47.1 Å². The first-order chi connectivity index (χ1) is 9.15. The molecule has 5 heteroatoms. The first-order valence-electron chi connectivity index (χ1n) is 5.56. The molecule has 1 aromatic carbocycles. The average Bonchev–Trinajstić information content (AvgIpc) is 2.99. The maximum atomic E-state index is 13.2. The molecule has 94 valence electrons. The smallest absolute Gasteiger partial charge is 0.256 e. The number of allylic oxidation sites excluding steroid dienone is 1. The zero-order valence-corrected chi connectivity index (χ0v) is 9.64. The van der Waals surface area contributed by atoms with E-state index in [0.717, 1.165) is 6.08 Å². The van der Waals surface area contributed by atoms with Gasteiger partial charge in [0, 0.05) is 17.3 Å². The number of halogens is 1. The van der Waals surface area contributed by atoms with E-state index in [1.807, 2.05) is 0 Å². The van der Waals surface area contributed by atoms with Crippen molar-refractivity contribution in [2.45, 2.75) is 0 Å². The van der Waals surface area contributed by atoms with Crippen LogP contribution in [0.5, 0.6) is 0 Å². The average molecular weight is 257 g/mol. The summed E-state index contributed by atoms with van der Waals surface area (Å²) < 4.78 is 18.2. The van der Waals surface area contributed by atoms with Gasteiger partial charge >= 0.3 is 0 Å². The predicted octanol–water partition coefficient (Wildman–Crippen LogP) is 2.64. The van der Waals surface area contributed by atoms with Gasteiger partial charge in [-0.1, -0.05) is 0 Å². The number of rotatable bonds is 2. The Morgan fingerprint density at radius 3 is 2.89 bits per heavy atom. The van der Waals surface area contributed by atoms with Crippen molar-refractivity contribution in [2.24, 2.45) is 0 Å². The molecular weight excluding hydrogens is 249 g/mol. The van der Waals surface area contributed by atoms with Crippen molar-refractivity contribution in [1.29, 1.82) is 0 Å². The number of ketones is 1. The summed E-state index contributed by atoms with van der Waals surface area (Å²) in [7, 11) is 0. The fraction of sp³-hybridized carbons (Fsp3) is 0. The number of carbonyl (C=O) groups is 2. The summed E-state index contributed by atoms with van der Waals surface area (Å²) in [5, 5.41) is 2.57. The van der Waals surface area contributed by atoms with Gasteiger partial charge in [0.1, 0.15) is 5.82 Å². The van der Waals surface area contributed by atoms with E-state index in [-0.39, 0.29) is 11.3 Å². The number of fused-ring (bicyclic) bond motifs is 1. The molecule has 0 aliphatic carbocycles. The predicted molar refractivity (Wildman–Crippen MR) is 66.0 cm³/mol. The molecule has 1 N–H and O–H groups in total. The van der Waals surface area contributed by atoms with Crippen molar-refractivity contribution in [2.75, 3.05) is 5.32 Å². The highest BCUT2D eigenvalue weighted by molar-refractivity contribution is 6.34. The van der Waals surface area contributed by atoms with E-state index in [1.54, 1.807) is 6.07 Å². The summed E-state index contributed by atoms with van der Waals surface area (Å²) in [6.07, 6.45) is 2.52. The first-order valence-corrected chi connectivity index (χ1v) is 5.56. The number of furan rings is 1. The van der Waals surface area contributed by atoms with Gasteiger partial charge in [-0.3, -0.25) is 9.59 Å². The zero-order chi connectivity index (χ0) is 13.4. The maximum Gasteiger partial charge on any atom is 0.256 e. The number of carbonyl (C=O) groups excluding carboxylic acids is 2. The van der Waals surface area contributed by atoms with E-state index < -0.39 is 17.5 Å². The van der Waals surface area contributed by atoms with Crippen molar-refractivity contribution in [3.05, 3.63) is 59.8 Å². The molecule has 19 heavy (non-hydrogen) atoms. The fourth-order valence-electron chi connectivity index (χ4n) is 1.92. The van der Waals surface area contributed by atoms with Crippen molar-refractivity contribution in [1.82, 2.24) is 0 Å². The molecule has 0 fully saturated rings. The van der Waals surface area contributed by atoms with Crippen LogP contribution in [-0.2, 0) is 4.79 Å². The molecule has 2 heterocycles. The minimum absolute atomic E-state index is 0.130. The Kier molecular flexibility index (Phi) is 2.52. The second-order valence-corrected chi connectivity index (χ2v) is 4.04. The number of anilines is 1. The van der Waals surface area contributed by atoms with Crippen LogP contribution >= 0.6 is 0 Å². The molecule has 3 rings (SSSR count). The van der Waals surface area contributed by atoms with Gasteiger partial charge in [0.25, 0.3) is 5.91 Å². The van der Waals surface area contributed by atoms with Crippen LogP contribution in [0.2, 0.25) is 0 Å². The monoisotopic (exact) mass is 257 g/mol. The number of amides is 1. The molecule has 0 saturated heterocycles. The molecule has 0 bridgehead atoms. The number of benzene rings is 1. The van der Waals surface area contributed by atoms with E-state index >= 15 is 0 Å². The fourth-order valence-corrected chi connectivity index (χ4v) is 1.92. The third-order valence-corrected chi connectivity index (χ3v) is 2.80. The van der Waals surface area contributed by atoms with Gasteiger partial charge in [-0.05, 0) is 30.3 Å². The summed E-state index contributed by atoms with van der Waals surface area (Å²) in [5.41, 5.74) is 1.01. The molecule has 1 amide bonds. The quantitative estimate of drug-likeness (QED) is 0.664. The molecule has 0 radical (unpaired) electrons. The lowest BCUT2D eigenvalue weighted by Crippen LogP contribution is -2.05. The van der Waals surface area contributed by atoms with E-state index in [2.05, 4.69) is 5.32 Å². The number of hydrogen-bond donors (Lipinski definition) is 1. The van der Waals surface area contributed by atoms with Gasteiger partial charge < -0.3 is 9.73 Å². The highest BCUT2D eigenvalue weighted by Crippen LogP contribution is 2.32. The van der Waals surface area contributed by atoms with E-state index in [1.165, 1.54) is 30.5 Å². The Hall–Kier alpha value is -2.69. The first kappa shape index (κ1) is 11.4. The van der Waals surface area contributed by atoms with Crippen molar-refractivity contribution >= 4 is 23.0 Å². The highest BCUT2D eigenvalue weighted by Gasteiger charge is 2.25. The lowest BCUT2D eigenvalue weighted by Gasteiger charge is -1.97. The Bertz CT molecular complexity index is 701. The standard InChI is InChI=1S/C14H8FNO3/c15-8-3-4-11-9(6-8)10(14(18)16-11)7-12(17)13-2-1-5-19-13/h1-7H,(H,16,18)/b10-7-. The molecule has 0 saturated carbocycles. The Morgan fingerprint density at radius 2 is 2.16 bits per heavy atom. The van der Waals surface area contributed by atoms with Crippen molar-refractivity contribution in [3.63, 3.8) is 0 Å². The topological polar surface area (TPSA) is 59.3 Å². The third kappa shape index (κ3) is 1.95. The van der Waals surface area contributed by atoms with Crippen molar-refractivity contribution in [3.8, 4) is 0 Å². The molecule has 0 spiro atoms. The SMILES string of the molecule is O=C1Nc2ccc(F)cc2/C1=C/C(=O)c1ccco1. The molecule has 2 aromatic rings. The van der Waals surface area contributed by atoms with Gasteiger partial charge in [0.2, 0.25) is 5.78 Å². The van der Waals surface area contributed by atoms with Crippen LogP contribution in [0.4, 0.5) is 10.1 Å². The number of hydrogen-bond acceptors (Lipinski definition) is 3. The third-order valence-electron chi connectivity index (χ3n) is 2.80. The minimum atomic E-state index is -0.466. The second-order valence-electron chi connectivity index (χ2n) is 4.04. The van der Waals surface area contributed by atoms with Gasteiger partial charge in [0.15, 0.2) is 5.76 Å². The molecular formula is C14H8FNO3. The summed E-state index contributed by atoms with van der Waals surface area (Å²) in [4.78, 5) is 23.6. The van der Waals surface area contributed by atoms with Gasteiger partial charge in [-0.2, -0.15) is 0 Å². The summed E-state index contributed by atoms with van der Waals surface area (Å²) in [6.45, 7) is 0. The Morgan fingerprint density at radius 1 is 1.32 bits per heavy atom. The van der Waals surface area contributed by atoms with Gasteiger partial charge in [-0.15, -0.1) is 0 Å². The van der Waals surface area contributed by atoms with E-state index in [4.69, 9.17) is 4.42 Å². The Balaban J connectivity index is 2.04. The van der Waals surface area contributed by atoms with Crippen LogP contribution in [-0.4, -0.2) is 11.7 Å². The van der Waals surface area contributed by atoms with Crippen LogP contribution in [0.3, 0.4) is 0 Å². The lowest BCUT2D eigenvalue weighted by atomic mass is 10.1. The normalized spacial score (nSPS) is 15.4. The van der Waals surface area contributed by atoms with Crippen LogP contribution < -0.4 is 5.32 Å². The van der Waals surface area contributed by atoms with Crippen molar-refractivity contribution < 1.29 is 18.4 Å². The summed E-state index contributed by atoms with van der Waals surface area (Å²) in [6, 6.07) is 7.00. The molecule has 1 aliphatic heterocycles. The number of nitrogens with one attached hydrogen (secondary N) is 1. The zero-order valence-electron chi connectivity index (χ0n) is 9.64. The largest absolute Gasteiger partial charge is 0.461 e. The minimum Gasteiger partial charge on any atom is -0.461 e. The molecule has 0 unspecified atom stereocenters. The van der Waals surface area contributed by atoms with Gasteiger partial charge in [-0.25, -0.2) is 4.39 Å². The summed E-state index contributed by atoms with van der Waals surface area (Å²) in [5.74, 6) is -1.20. The van der Waals surface area contributed by atoms with Crippen LogP contribution in [0.25, 0.3) is 5.57 Å². The van der Waals surface area contributed by atoms with E-state index in [0.29, 0.717) is 11.3 Å². The second kappa shape index (κ2) is 4.20. The molecule has 1 aromatic heterocycles. The summed E-state index contributed by atoms with van der Waals surface area (Å²) >= 11 is 0. The lowest BCUT2D eigenvalue weighted by molar-refractivity contribution is -0.110. The maximum absolute atomic E-state index is 13.2. The van der Waals surface area contributed by atoms with E-state index in [9.17, 15) is 14.0 Å². The molecule has 1 aliphatic rings. The molecule has 0 atom stereocenters. The molecule has 4 nitrogen and oxygen atoms in total. The van der Waals surface area contributed by atoms with Gasteiger partial charge in [0.05, 0.1) is 11.8 Å². The van der Waals surface area contributed by atoms with Crippen LogP contribution in [0.1, 0.15) is 16.1 Å². The Labute approximate surface area is 107 Å². The highest BCUT2D eigenvalue weighted by atomic mass is 19.1.